The largest absolute Gasteiger partial charge is 0.451 e. The summed E-state index contributed by atoms with van der Waals surface area (Å²) in [6, 6.07) is 9.90. The van der Waals surface area contributed by atoms with Gasteiger partial charge in [0.25, 0.3) is 5.91 Å². The zero-order valence-corrected chi connectivity index (χ0v) is 14.1. The number of aromatic nitrogens is 2. The van der Waals surface area contributed by atoms with Gasteiger partial charge in [0.15, 0.2) is 5.76 Å². The lowest BCUT2D eigenvalue weighted by molar-refractivity contribution is 0.0997. The smallest absolute Gasteiger partial charge is 0.292 e. The van der Waals surface area contributed by atoms with Crippen LogP contribution in [-0.2, 0) is 6.54 Å². The van der Waals surface area contributed by atoms with Gasteiger partial charge in [0, 0.05) is 21.9 Å². The normalized spacial score (nSPS) is 11.1. The van der Waals surface area contributed by atoms with Gasteiger partial charge < -0.3 is 9.73 Å². The lowest BCUT2D eigenvalue weighted by Gasteiger charge is -2.07. The Labute approximate surface area is 146 Å². The van der Waals surface area contributed by atoms with E-state index in [4.69, 9.17) is 4.42 Å². The number of halogens is 1. The van der Waals surface area contributed by atoms with Crippen molar-refractivity contribution in [3.05, 3.63) is 70.0 Å². The molecule has 5 nitrogen and oxygen atoms in total. The van der Waals surface area contributed by atoms with Crippen LogP contribution in [0.15, 0.2) is 52.4 Å². The van der Waals surface area contributed by atoms with Crippen LogP contribution >= 0.6 is 11.3 Å². The number of carbonyl (C=O) groups excluding carboxylic acids is 1. The third-order valence-corrected chi connectivity index (χ3v) is 4.81. The molecule has 1 N–H and O–H groups in total. The standard InChI is InChI=1S/C18H14FN3O2S/c1-11-14-9-12(19)4-5-15(14)24-17(11)18(23)21-16-6-7-20-22(16)10-13-3-2-8-25-13/h2-9H,10H2,1H3,(H,21,23). The van der Waals surface area contributed by atoms with Crippen molar-refractivity contribution in [1.82, 2.24) is 9.78 Å². The summed E-state index contributed by atoms with van der Waals surface area (Å²) >= 11 is 1.62. The van der Waals surface area contributed by atoms with Gasteiger partial charge in [-0.15, -0.1) is 11.3 Å². The van der Waals surface area contributed by atoms with Crippen LogP contribution in [0.4, 0.5) is 10.2 Å². The Morgan fingerprint density at radius 3 is 3.04 bits per heavy atom. The van der Waals surface area contributed by atoms with Gasteiger partial charge in [0.2, 0.25) is 0 Å². The Bertz CT molecular complexity index is 1050. The molecule has 0 atom stereocenters. The highest BCUT2D eigenvalue weighted by molar-refractivity contribution is 7.09. The lowest BCUT2D eigenvalue weighted by atomic mass is 10.1. The van der Waals surface area contributed by atoms with Crippen molar-refractivity contribution in [3.63, 3.8) is 0 Å². The molecule has 1 amide bonds. The van der Waals surface area contributed by atoms with Crippen LogP contribution in [0.2, 0.25) is 0 Å². The maximum Gasteiger partial charge on any atom is 0.292 e. The molecule has 0 aliphatic rings. The summed E-state index contributed by atoms with van der Waals surface area (Å²) < 4.78 is 20.7. The summed E-state index contributed by atoms with van der Waals surface area (Å²) in [4.78, 5) is 13.7. The Morgan fingerprint density at radius 1 is 1.36 bits per heavy atom. The molecule has 1 aromatic carbocycles. The molecule has 0 aliphatic carbocycles. The van der Waals surface area contributed by atoms with Crippen molar-refractivity contribution in [1.29, 1.82) is 0 Å². The quantitative estimate of drug-likeness (QED) is 0.589. The Morgan fingerprint density at radius 2 is 2.24 bits per heavy atom. The third kappa shape index (κ3) is 2.94. The number of amides is 1. The van der Waals surface area contributed by atoms with Gasteiger partial charge in [0.1, 0.15) is 17.2 Å². The Hall–Kier alpha value is -2.93. The maximum atomic E-state index is 13.4. The number of fused-ring (bicyclic) bond motifs is 1. The molecule has 126 valence electrons. The number of anilines is 1. The van der Waals surface area contributed by atoms with E-state index < -0.39 is 0 Å². The van der Waals surface area contributed by atoms with E-state index >= 15 is 0 Å². The molecule has 0 aliphatic heterocycles. The first-order chi connectivity index (χ1) is 12.1. The van der Waals surface area contributed by atoms with E-state index in [1.807, 2.05) is 17.5 Å². The highest BCUT2D eigenvalue weighted by Crippen LogP contribution is 2.26. The van der Waals surface area contributed by atoms with Gasteiger partial charge in [-0.3, -0.25) is 4.79 Å². The topological polar surface area (TPSA) is 60.1 Å². The fourth-order valence-corrected chi connectivity index (χ4v) is 3.38. The van der Waals surface area contributed by atoms with Gasteiger partial charge >= 0.3 is 0 Å². The highest BCUT2D eigenvalue weighted by Gasteiger charge is 2.19. The molecule has 0 unspecified atom stereocenters. The molecular weight excluding hydrogens is 341 g/mol. The number of carbonyl (C=O) groups is 1. The van der Waals surface area contributed by atoms with Crippen LogP contribution in [0.1, 0.15) is 21.0 Å². The minimum absolute atomic E-state index is 0.171. The summed E-state index contributed by atoms with van der Waals surface area (Å²) in [5.41, 5.74) is 1.09. The minimum atomic E-state index is -0.387. The summed E-state index contributed by atoms with van der Waals surface area (Å²) in [6.45, 7) is 2.31. The molecule has 3 heterocycles. The molecule has 25 heavy (non-hydrogen) atoms. The van der Waals surface area contributed by atoms with Crippen LogP contribution in [0, 0.1) is 12.7 Å². The number of rotatable bonds is 4. The molecule has 0 radical (unpaired) electrons. The number of thiophene rings is 1. The van der Waals surface area contributed by atoms with E-state index in [-0.39, 0.29) is 17.5 Å². The van der Waals surface area contributed by atoms with Gasteiger partial charge in [-0.2, -0.15) is 5.10 Å². The van der Waals surface area contributed by atoms with Crippen molar-refractivity contribution in [3.8, 4) is 0 Å². The second-order valence-electron chi connectivity index (χ2n) is 5.60. The Kier molecular flexibility index (Phi) is 3.85. The van der Waals surface area contributed by atoms with Crippen LogP contribution in [-0.4, -0.2) is 15.7 Å². The first-order valence-electron chi connectivity index (χ1n) is 7.66. The average Bonchev–Trinajstić information content (AvgIpc) is 3.31. The number of benzene rings is 1. The maximum absolute atomic E-state index is 13.4. The van der Waals surface area contributed by atoms with Crippen molar-refractivity contribution >= 4 is 34.0 Å². The highest BCUT2D eigenvalue weighted by atomic mass is 32.1. The summed E-state index contributed by atoms with van der Waals surface area (Å²) in [7, 11) is 0. The van der Waals surface area contributed by atoms with Gasteiger partial charge in [-0.25, -0.2) is 9.07 Å². The van der Waals surface area contributed by atoms with Gasteiger partial charge in [-0.1, -0.05) is 6.07 Å². The van der Waals surface area contributed by atoms with Crippen LogP contribution < -0.4 is 5.32 Å². The first kappa shape index (κ1) is 15.6. The predicted molar refractivity (Wildman–Crippen MR) is 94.5 cm³/mol. The Balaban J connectivity index is 1.61. The van der Waals surface area contributed by atoms with E-state index in [1.165, 1.54) is 18.2 Å². The predicted octanol–water partition coefficient (Wildman–Crippen LogP) is 4.44. The molecule has 0 saturated heterocycles. The van der Waals surface area contributed by atoms with E-state index in [0.29, 0.717) is 28.9 Å². The monoisotopic (exact) mass is 355 g/mol. The minimum Gasteiger partial charge on any atom is -0.451 e. The number of nitrogens with zero attached hydrogens (tertiary/aromatic N) is 2. The zero-order valence-electron chi connectivity index (χ0n) is 13.3. The number of aryl methyl sites for hydroxylation is 1. The number of hydrogen-bond donors (Lipinski definition) is 1. The van der Waals surface area contributed by atoms with E-state index in [1.54, 1.807) is 35.2 Å². The van der Waals surface area contributed by atoms with Crippen molar-refractivity contribution < 1.29 is 13.6 Å². The second kappa shape index (κ2) is 6.18. The van der Waals surface area contributed by atoms with Crippen LogP contribution in [0.5, 0.6) is 0 Å². The molecule has 0 saturated carbocycles. The average molecular weight is 355 g/mol. The van der Waals surface area contributed by atoms with E-state index in [9.17, 15) is 9.18 Å². The molecule has 4 rings (SSSR count). The molecular formula is C18H14FN3O2S. The van der Waals surface area contributed by atoms with E-state index in [2.05, 4.69) is 10.4 Å². The van der Waals surface area contributed by atoms with Crippen molar-refractivity contribution in [2.45, 2.75) is 13.5 Å². The lowest BCUT2D eigenvalue weighted by Crippen LogP contribution is -2.16. The fourth-order valence-electron chi connectivity index (χ4n) is 2.70. The number of nitrogens with one attached hydrogen (secondary N) is 1. The van der Waals surface area contributed by atoms with E-state index in [0.717, 1.165) is 4.88 Å². The SMILES string of the molecule is Cc1c(C(=O)Nc2ccnn2Cc2cccs2)oc2ccc(F)cc12. The molecule has 0 bridgehead atoms. The summed E-state index contributed by atoms with van der Waals surface area (Å²) in [5, 5.41) is 9.65. The van der Waals surface area contributed by atoms with Crippen LogP contribution in [0.3, 0.4) is 0 Å². The molecule has 3 aromatic heterocycles. The number of furan rings is 1. The molecule has 0 spiro atoms. The van der Waals surface area contributed by atoms with Crippen LogP contribution in [0.25, 0.3) is 11.0 Å². The molecule has 4 aromatic rings. The zero-order chi connectivity index (χ0) is 17.4. The fraction of sp³-hybridized carbons (Fsp3) is 0.111. The number of hydrogen-bond acceptors (Lipinski definition) is 4. The second-order valence-corrected chi connectivity index (χ2v) is 6.64. The van der Waals surface area contributed by atoms with Crippen molar-refractivity contribution in [2.24, 2.45) is 0 Å². The summed E-state index contributed by atoms with van der Waals surface area (Å²) in [5.74, 6) is -0.00618. The molecule has 7 heteroatoms. The first-order valence-corrected chi connectivity index (χ1v) is 8.54. The summed E-state index contributed by atoms with van der Waals surface area (Å²) in [6.07, 6.45) is 1.63. The molecule has 0 fully saturated rings. The van der Waals surface area contributed by atoms with Gasteiger partial charge in [0.05, 0.1) is 12.7 Å². The van der Waals surface area contributed by atoms with Crippen molar-refractivity contribution in [2.75, 3.05) is 5.32 Å². The van der Waals surface area contributed by atoms with Gasteiger partial charge in [-0.05, 0) is 36.6 Å². The third-order valence-electron chi connectivity index (χ3n) is 3.95.